The summed E-state index contributed by atoms with van der Waals surface area (Å²) in [6.45, 7) is 2.91. The maximum Gasteiger partial charge on any atom is 0.290 e. The topological polar surface area (TPSA) is 96.9 Å². The lowest BCUT2D eigenvalue weighted by Crippen LogP contribution is -2.33. The lowest BCUT2D eigenvalue weighted by Gasteiger charge is -2.29. The second kappa shape index (κ2) is 10.0. The average Bonchev–Trinajstić information content (AvgIpc) is 3.14. The van der Waals surface area contributed by atoms with Gasteiger partial charge in [-0.1, -0.05) is 18.2 Å². The summed E-state index contributed by atoms with van der Waals surface area (Å²) in [6.07, 6.45) is 8.75. The van der Waals surface area contributed by atoms with Gasteiger partial charge in [0, 0.05) is 36.3 Å². The number of benzene rings is 1. The number of nitrogens with one attached hydrogen (secondary N) is 2. The molecule has 1 aliphatic heterocycles. The molecule has 0 bridgehead atoms. The number of imide groups is 1. The first-order valence-electron chi connectivity index (χ1n) is 11.7. The van der Waals surface area contributed by atoms with E-state index in [2.05, 4.69) is 56.8 Å². The average molecular weight is 474 g/mol. The van der Waals surface area contributed by atoms with Gasteiger partial charge in [-0.2, -0.15) is 0 Å². The van der Waals surface area contributed by atoms with E-state index in [1.807, 2.05) is 6.07 Å². The Morgan fingerprint density at radius 3 is 2.74 bits per heavy atom. The fraction of sp³-hybridized carbons (Fsp3) is 0.346. The lowest BCUT2D eigenvalue weighted by molar-refractivity contribution is -0.115. The summed E-state index contributed by atoms with van der Waals surface area (Å²) in [5, 5.41) is 6.91. The van der Waals surface area contributed by atoms with Crippen LogP contribution in [-0.4, -0.2) is 32.1 Å². The molecule has 1 aromatic carbocycles. The van der Waals surface area contributed by atoms with Crippen molar-refractivity contribution in [2.75, 3.05) is 0 Å². The van der Waals surface area contributed by atoms with Crippen molar-refractivity contribution in [2.45, 2.75) is 51.6 Å². The fourth-order valence-corrected chi connectivity index (χ4v) is 5.44. The number of nitrogens with zero attached hydrogens (tertiary/aromatic N) is 3. The van der Waals surface area contributed by atoms with Crippen LogP contribution < -0.4 is 10.6 Å². The van der Waals surface area contributed by atoms with Crippen molar-refractivity contribution < 1.29 is 9.59 Å². The molecule has 8 heteroatoms. The van der Waals surface area contributed by atoms with Crippen molar-refractivity contribution in [1.82, 2.24) is 25.6 Å². The van der Waals surface area contributed by atoms with Gasteiger partial charge in [-0.15, -0.1) is 0 Å². The Bertz CT molecular complexity index is 1270. The molecule has 2 fully saturated rings. The zero-order valence-corrected chi connectivity index (χ0v) is 19.9. The number of rotatable bonds is 6. The number of hydrogen-bond acceptors (Lipinski definition) is 7. The van der Waals surface area contributed by atoms with Crippen LogP contribution in [0.2, 0.25) is 0 Å². The predicted molar refractivity (Wildman–Crippen MR) is 134 cm³/mol. The van der Waals surface area contributed by atoms with Crippen LogP contribution >= 0.6 is 11.8 Å². The molecule has 34 heavy (non-hydrogen) atoms. The van der Waals surface area contributed by atoms with Crippen LogP contribution in [-0.2, 0) is 17.8 Å². The van der Waals surface area contributed by atoms with Crippen LogP contribution in [0.25, 0.3) is 17.0 Å². The van der Waals surface area contributed by atoms with Crippen LogP contribution in [0.4, 0.5) is 4.79 Å². The van der Waals surface area contributed by atoms with E-state index in [4.69, 9.17) is 0 Å². The third-order valence-electron chi connectivity index (χ3n) is 6.48. The molecule has 5 rings (SSSR count). The van der Waals surface area contributed by atoms with Gasteiger partial charge in [0.05, 0.1) is 16.1 Å². The highest BCUT2D eigenvalue weighted by molar-refractivity contribution is 8.18. The number of aryl methyl sites for hydroxylation is 1. The number of thioether (sulfide) groups is 1. The van der Waals surface area contributed by atoms with Gasteiger partial charge >= 0.3 is 0 Å². The molecular formula is C26H27N5O2S. The lowest BCUT2D eigenvalue weighted by atomic mass is 9.84. The highest BCUT2D eigenvalue weighted by atomic mass is 32.2. The van der Waals surface area contributed by atoms with Gasteiger partial charge < -0.3 is 5.32 Å². The molecule has 0 spiro atoms. The number of aromatic nitrogens is 3. The maximum atomic E-state index is 11.8. The number of hydrogen-bond donors (Lipinski definition) is 2. The van der Waals surface area contributed by atoms with Gasteiger partial charge in [-0.3, -0.25) is 19.9 Å². The summed E-state index contributed by atoms with van der Waals surface area (Å²) in [6, 6.07) is 12.8. The molecule has 0 unspecified atom stereocenters. The first-order valence-corrected chi connectivity index (χ1v) is 12.5. The molecule has 174 valence electrons. The van der Waals surface area contributed by atoms with Gasteiger partial charge in [0.25, 0.3) is 11.1 Å². The Kier molecular flexibility index (Phi) is 6.69. The third-order valence-corrected chi connectivity index (χ3v) is 7.29. The number of amides is 2. The molecule has 2 aliphatic rings. The Labute approximate surface area is 202 Å². The van der Waals surface area contributed by atoms with Gasteiger partial charge in [-0.05, 0) is 80.1 Å². The van der Waals surface area contributed by atoms with E-state index in [0.717, 1.165) is 67.4 Å². The Morgan fingerprint density at radius 2 is 1.94 bits per heavy atom. The van der Waals surface area contributed by atoms with Crippen molar-refractivity contribution in [2.24, 2.45) is 5.92 Å². The Hall–Kier alpha value is -3.10. The summed E-state index contributed by atoms with van der Waals surface area (Å²) < 4.78 is 0. The van der Waals surface area contributed by atoms with E-state index < -0.39 is 0 Å². The van der Waals surface area contributed by atoms with E-state index in [-0.39, 0.29) is 11.1 Å². The van der Waals surface area contributed by atoms with E-state index >= 15 is 0 Å². The molecule has 0 radical (unpaired) electrons. The maximum absolute atomic E-state index is 11.8. The van der Waals surface area contributed by atoms with Gasteiger partial charge in [0.2, 0.25) is 0 Å². The standard InChI is InChI=1S/C26H27N5O2S/c1-16-12-18(21-4-2-3-5-22(21)29-16)15-28-19-8-6-17(7-9-19)13-24-27-11-10-20(30-24)14-23-25(32)31-26(33)34-23/h2-5,10-12,14,17,19,28H,6-9,13,15H2,1H3,(H,31,32,33)/b23-14-. The van der Waals surface area contributed by atoms with Crippen LogP contribution in [0.15, 0.2) is 47.5 Å². The van der Waals surface area contributed by atoms with Crippen molar-refractivity contribution in [3.05, 3.63) is 70.3 Å². The van der Waals surface area contributed by atoms with E-state index in [0.29, 0.717) is 22.6 Å². The zero-order valence-electron chi connectivity index (χ0n) is 19.1. The number of carbonyl (C=O) groups excluding carboxylic acids is 2. The monoisotopic (exact) mass is 473 g/mol. The minimum Gasteiger partial charge on any atom is -0.310 e. The van der Waals surface area contributed by atoms with Crippen LogP contribution in [0.5, 0.6) is 0 Å². The predicted octanol–water partition coefficient (Wildman–Crippen LogP) is 4.55. The van der Waals surface area contributed by atoms with Gasteiger partial charge in [-0.25, -0.2) is 9.97 Å². The molecule has 7 nitrogen and oxygen atoms in total. The molecule has 3 aromatic rings. The molecule has 1 saturated heterocycles. The first kappa shape index (κ1) is 22.7. The molecule has 2 aromatic heterocycles. The van der Waals surface area contributed by atoms with Crippen LogP contribution in [0, 0.1) is 12.8 Å². The normalized spacial score (nSPS) is 21.9. The van der Waals surface area contributed by atoms with Crippen molar-refractivity contribution in [3.63, 3.8) is 0 Å². The van der Waals surface area contributed by atoms with Crippen molar-refractivity contribution in [3.8, 4) is 0 Å². The van der Waals surface area contributed by atoms with Crippen LogP contribution in [0.1, 0.15) is 48.5 Å². The van der Waals surface area contributed by atoms with E-state index in [1.54, 1.807) is 18.3 Å². The first-order chi connectivity index (χ1) is 16.5. The molecule has 3 heterocycles. The highest BCUT2D eigenvalue weighted by Crippen LogP contribution is 2.28. The van der Waals surface area contributed by atoms with E-state index in [1.165, 1.54) is 10.9 Å². The van der Waals surface area contributed by atoms with Crippen molar-refractivity contribution in [1.29, 1.82) is 0 Å². The number of pyridine rings is 1. The molecular weight excluding hydrogens is 446 g/mol. The molecule has 2 amide bonds. The summed E-state index contributed by atoms with van der Waals surface area (Å²) in [4.78, 5) is 37.2. The molecule has 1 aliphatic carbocycles. The minimum absolute atomic E-state index is 0.344. The zero-order chi connectivity index (χ0) is 23.5. The minimum atomic E-state index is -0.365. The highest BCUT2D eigenvalue weighted by Gasteiger charge is 2.25. The second-order valence-corrected chi connectivity index (χ2v) is 10.0. The van der Waals surface area contributed by atoms with Crippen LogP contribution in [0.3, 0.4) is 0 Å². The second-order valence-electron chi connectivity index (χ2n) is 8.99. The van der Waals surface area contributed by atoms with Gasteiger partial charge in [0.1, 0.15) is 5.82 Å². The smallest absolute Gasteiger partial charge is 0.290 e. The Morgan fingerprint density at radius 1 is 1.12 bits per heavy atom. The summed E-state index contributed by atoms with van der Waals surface area (Å²) in [5.41, 5.74) is 4.07. The van der Waals surface area contributed by atoms with E-state index in [9.17, 15) is 9.59 Å². The third kappa shape index (κ3) is 5.34. The number of fused-ring (bicyclic) bond motifs is 1. The quantitative estimate of drug-likeness (QED) is 0.507. The number of carbonyl (C=O) groups is 2. The summed E-state index contributed by atoms with van der Waals surface area (Å²) >= 11 is 0.905. The summed E-state index contributed by atoms with van der Waals surface area (Å²) in [5.74, 6) is 0.978. The molecule has 2 N–H and O–H groups in total. The molecule has 0 atom stereocenters. The van der Waals surface area contributed by atoms with Gasteiger partial charge in [0.15, 0.2) is 0 Å². The molecule has 1 saturated carbocycles. The summed E-state index contributed by atoms with van der Waals surface area (Å²) in [7, 11) is 0. The number of para-hydroxylation sites is 1. The van der Waals surface area contributed by atoms with Crippen molar-refractivity contribution >= 4 is 39.9 Å². The SMILES string of the molecule is Cc1cc(CNC2CCC(Cc3nccc(/C=C4\SC(=O)NC4=O)n3)CC2)c2ccccc2n1. The Balaban J connectivity index is 1.15. The fourth-order valence-electron chi connectivity index (χ4n) is 4.77. The largest absolute Gasteiger partial charge is 0.310 e.